The summed E-state index contributed by atoms with van der Waals surface area (Å²) < 4.78 is 1.81. The average molecular weight is 341 g/mol. The van der Waals surface area contributed by atoms with Gasteiger partial charge in [0.2, 0.25) is 0 Å². The molecular weight excluding hydrogens is 320 g/mol. The van der Waals surface area contributed by atoms with Gasteiger partial charge < -0.3 is 5.73 Å². The molecule has 2 unspecified atom stereocenters. The Bertz CT molecular complexity index is 813. The van der Waals surface area contributed by atoms with Crippen LogP contribution in [-0.2, 0) is 0 Å². The van der Waals surface area contributed by atoms with Gasteiger partial charge in [-0.2, -0.15) is 0 Å². The number of hydrogen-bond acceptors (Lipinski definition) is 3. The quantitative estimate of drug-likeness (QED) is 0.782. The molecule has 5 heteroatoms. The van der Waals surface area contributed by atoms with Crippen molar-refractivity contribution in [1.29, 1.82) is 0 Å². The van der Waals surface area contributed by atoms with Crippen LogP contribution in [0.25, 0.3) is 16.9 Å². The van der Waals surface area contributed by atoms with Crippen LogP contribution in [0.3, 0.4) is 0 Å². The topological polar surface area (TPSA) is 56.7 Å². The van der Waals surface area contributed by atoms with Gasteiger partial charge in [-0.15, -0.1) is 17.5 Å². The van der Waals surface area contributed by atoms with Crippen LogP contribution in [-0.4, -0.2) is 20.5 Å². The summed E-state index contributed by atoms with van der Waals surface area (Å²) >= 11 is 0. The van der Waals surface area contributed by atoms with E-state index >= 15 is 0 Å². The molecule has 3 aromatic rings. The van der Waals surface area contributed by atoms with E-state index in [2.05, 4.69) is 41.5 Å². The summed E-state index contributed by atoms with van der Waals surface area (Å²) in [5.41, 5.74) is 10.6. The van der Waals surface area contributed by atoms with Crippen LogP contribution in [0, 0.1) is 0 Å². The lowest BCUT2D eigenvalue weighted by Gasteiger charge is -2.08. The van der Waals surface area contributed by atoms with Gasteiger partial charge in [-0.3, -0.25) is 0 Å². The van der Waals surface area contributed by atoms with Crippen molar-refractivity contribution in [2.45, 2.75) is 31.2 Å². The summed E-state index contributed by atoms with van der Waals surface area (Å²) in [4.78, 5) is 0. The smallest absolute Gasteiger partial charge is 0.113 e. The standard InChI is InChI=1S/C19H20N4.ClH/c1-2-19(20)12-17(19)14-8-10-16(11-9-14)23-13-18(21-22-23)15-6-4-3-5-7-15;/h3-11,13,17H,2,12,20H2,1H3;1H. The minimum Gasteiger partial charge on any atom is -0.325 e. The van der Waals surface area contributed by atoms with E-state index in [1.54, 1.807) is 0 Å². The molecule has 1 fully saturated rings. The summed E-state index contributed by atoms with van der Waals surface area (Å²) in [6.45, 7) is 2.16. The third-order valence-electron chi connectivity index (χ3n) is 4.90. The highest BCUT2D eigenvalue weighted by Crippen LogP contribution is 2.51. The Labute approximate surface area is 148 Å². The molecule has 1 saturated carbocycles. The highest BCUT2D eigenvalue weighted by Gasteiger charge is 2.49. The summed E-state index contributed by atoms with van der Waals surface area (Å²) in [6, 6.07) is 18.6. The number of rotatable bonds is 4. The zero-order chi connectivity index (χ0) is 15.9. The van der Waals surface area contributed by atoms with Gasteiger partial charge in [-0.25, -0.2) is 4.68 Å². The first kappa shape index (κ1) is 16.7. The Morgan fingerprint density at radius 2 is 1.83 bits per heavy atom. The molecule has 1 aliphatic rings. The van der Waals surface area contributed by atoms with Crippen LogP contribution < -0.4 is 5.73 Å². The first-order chi connectivity index (χ1) is 11.2. The van der Waals surface area contributed by atoms with Gasteiger partial charge in [0, 0.05) is 17.0 Å². The maximum absolute atomic E-state index is 6.31. The lowest BCUT2D eigenvalue weighted by molar-refractivity contribution is 0.626. The molecule has 24 heavy (non-hydrogen) atoms. The second kappa shape index (κ2) is 6.38. The Morgan fingerprint density at radius 3 is 2.46 bits per heavy atom. The van der Waals surface area contributed by atoms with Crippen LogP contribution in [0.1, 0.15) is 31.2 Å². The summed E-state index contributed by atoms with van der Waals surface area (Å²) in [5, 5.41) is 8.50. The van der Waals surface area contributed by atoms with Crippen molar-refractivity contribution in [3.05, 3.63) is 66.4 Å². The molecule has 1 aliphatic carbocycles. The molecule has 0 spiro atoms. The molecule has 0 saturated heterocycles. The molecule has 2 N–H and O–H groups in total. The predicted octanol–water partition coefficient (Wildman–Crippen LogP) is 3.95. The predicted molar refractivity (Wildman–Crippen MR) is 98.6 cm³/mol. The van der Waals surface area contributed by atoms with Crippen LogP contribution in [0.5, 0.6) is 0 Å². The second-order valence-electron chi connectivity index (χ2n) is 6.35. The third-order valence-corrected chi connectivity index (χ3v) is 4.90. The SMILES string of the molecule is CCC1(N)CC1c1ccc(-n2cc(-c3ccccc3)nn2)cc1.Cl. The molecule has 4 nitrogen and oxygen atoms in total. The largest absolute Gasteiger partial charge is 0.325 e. The Morgan fingerprint density at radius 1 is 1.12 bits per heavy atom. The van der Waals surface area contributed by atoms with Crippen molar-refractivity contribution in [2.24, 2.45) is 5.73 Å². The lowest BCUT2D eigenvalue weighted by atomic mass is 10.0. The van der Waals surface area contributed by atoms with Crippen molar-refractivity contribution in [2.75, 3.05) is 0 Å². The fourth-order valence-corrected chi connectivity index (χ4v) is 3.15. The van der Waals surface area contributed by atoms with Crippen molar-refractivity contribution < 1.29 is 0 Å². The minimum atomic E-state index is 0. The number of hydrogen-bond donors (Lipinski definition) is 1. The van der Waals surface area contributed by atoms with Crippen molar-refractivity contribution in [3.8, 4) is 16.9 Å². The van der Waals surface area contributed by atoms with Gasteiger partial charge in [0.1, 0.15) is 5.69 Å². The molecule has 4 rings (SSSR count). The third kappa shape index (κ3) is 2.95. The van der Waals surface area contributed by atoms with Gasteiger partial charge in [0.05, 0.1) is 11.9 Å². The summed E-state index contributed by atoms with van der Waals surface area (Å²) in [5.74, 6) is 0.497. The van der Waals surface area contributed by atoms with Gasteiger partial charge in [-0.1, -0.05) is 54.6 Å². The van der Waals surface area contributed by atoms with E-state index in [1.807, 2.05) is 41.2 Å². The summed E-state index contributed by atoms with van der Waals surface area (Å²) in [7, 11) is 0. The normalized spacial score (nSPS) is 22.0. The van der Waals surface area contributed by atoms with E-state index in [0.29, 0.717) is 5.92 Å². The second-order valence-corrected chi connectivity index (χ2v) is 6.35. The summed E-state index contributed by atoms with van der Waals surface area (Å²) in [6.07, 6.45) is 4.08. The zero-order valence-corrected chi connectivity index (χ0v) is 14.4. The van der Waals surface area contributed by atoms with Crippen LogP contribution in [0.4, 0.5) is 0 Å². The number of halogens is 1. The van der Waals surface area contributed by atoms with E-state index in [0.717, 1.165) is 29.8 Å². The molecule has 124 valence electrons. The Balaban J connectivity index is 0.00000169. The van der Waals surface area contributed by atoms with Crippen molar-refractivity contribution in [3.63, 3.8) is 0 Å². The molecule has 1 heterocycles. The molecule has 2 atom stereocenters. The van der Waals surface area contributed by atoms with Crippen molar-refractivity contribution in [1.82, 2.24) is 15.0 Å². The Hall–Kier alpha value is -2.17. The zero-order valence-electron chi connectivity index (χ0n) is 13.6. The molecule has 0 bridgehead atoms. The highest BCUT2D eigenvalue weighted by molar-refractivity contribution is 5.85. The highest BCUT2D eigenvalue weighted by atomic mass is 35.5. The minimum absolute atomic E-state index is 0. The van der Waals surface area contributed by atoms with Gasteiger partial charge in [0.15, 0.2) is 0 Å². The van der Waals surface area contributed by atoms with Crippen LogP contribution >= 0.6 is 12.4 Å². The van der Waals surface area contributed by atoms with E-state index in [9.17, 15) is 0 Å². The van der Waals surface area contributed by atoms with E-state index in [-0.39, 0.29) is 17.9 Å². The number of nitrogens with zero attached hydrogens (tertiary/aromatic N) is 3. The number of nitrogens with two attached hydrogens (primary N) is 1. The molecule has 0 radical (unpaired) electrons. The van der Waals surface area contributed by atoms with Gasteiger partial charge in [-0.05, 0) is 30.5 Å². The van der Waals surface area contributed by atoms with Crippen LogP contribution in [0.2, 0.25) is 0 Å². The first-order valence-corrected chi connectivity index (χ1v) is 8.06. The van der Waals surface area contributed by atoms with E-state index in [4.69, 9.17) is 5.73 Å². The van der Waals surface area contributed by atoms with Gasteiger partial charge >= 0.3 is 0 Å². The molecule has 0 amide bonds. The van der Waals surface area contributed by atoms with Crippen molar-refractivity contribution >= 4 is 12.4 Å². The number of benzene rings is 2. The molecular formula is C19H21ClN4. The molecule has 0 aliphatic heterocycles. The van der Waals surface area contributed by atoms with E-state index < -0.39 is 0 Å². The lowest BCUT2D eigenvalue weighted by Crippen LogP contribution is -2.22. The maximum Gasteiger partial charge on any atom is 0.113 e. The molecule has 2 aromatic carbocycles. The maximum atomic E-state index is 6.31. The average Bonchev–Trinajstić information content (AvgIpc) is 3.07. The van der Waals surface area contributed by atoms with E-state index in [1.165, 1.54) is 5.56 Å². The monoisotopic (exact) mass is 340 g/mol. The fourth-order valence-electron chi connectivity index (χ4n) is 3.15. The number of aromatic nitrogens is 3. The molecule has 1 aromatic heterocycles. The van der Waals surface area contributed by atoms with Crippen LogP contribution in [0.15, 0.2) is 60.8 Å². The first-order valence-electron chi connectivity index (χ1n) is 8.06. The fraction of sp³-hybridized carbons (Fsp3) is 0.263. The van der Waals surface area contributed by atoms with Gasteiger partial charge in [0.25, 0.3) is 0 Å². The Kier molecular flexibility index (Phi) is 4.43.